The molecule has 0 bridgehead atoms. The third kappa shape index (κ3) is 1.85. The highest BCUT2D eigenvalue weighted by Crippen LogP contribution is 2.23. The lowest BCUT2D eigenvalue weighted by Gasteiger charge is -1.97. The summed E-state index contributed by atoms with van der Waals surface area (Å²) in [6.45, 7) is 0. The monoisotopic (exact) mass is 188 g/mol. The van der Waals surface area contributed by atoms with Crippen LogP contribution in [0.5, 0.6) is 0 Å². The number of hydrogen-bond acceptors (Lipinski definition) is 2. The van der Waals surface area contributed by atoms with Crippen molar-refractivity contribution < 1.29 is 0 Å². The minimum Gasteiger partial charge on any atom is -0.323 e. The first-order valence-electron chi connectivity index (χ1n) is 2.93. The van der Waals surface area contributed by atoms with Gasteiger partial charge in [0.25, 0.3) is 0 Å². The molecule has 0 aromatic heterocycles. The Hall–Kier alpha value is -0.730. The van der Waals surface area contributed by atoms with Crippen molar-refractivity contribution in [3.05, 3.63) is 33.8 Å². The van der Waals surface area contributed by atoms with Gasteiger partial charge in [-0.2, -0.15) is 5.10 Å². The number of benzene rings is 1. The van der Waals surface area contributed by atoms with Gasteiger partial charge in [-0.05, 0) is 6.07 Å². The fourth-order valence-electron chi connectivity index (χ4n) is 0.700. The number of halogens is 2. The van der Waals surface area contributed by atoms with Gasteiger partial charge in [0.15, 0.2) is 0 Å². The number of nitrogens with zero attached hydrogens (tertiary/aromatic N) is 1. The van der Waals surface area contributed by atoms with Gasteiger partial charge in [-0.3, -0.25) is 0 Å². The summed E-state index contributed by atoms with van der Waals surface area (Å²) in [7, 11) is 0. The Kier molecular flexibility index (Phi) is 2.74. The molecule has 0 fully saturated rings. The Bertz CT molecular complexity index is 284. The quantitative estimate of drug-likeness (QED) is 0.410. The second-order valence-corrected chi connectivity index (χ2v) is 2.71. The summed E-state index contributed by atoms with van der Waals surface area (Å²) in [5.41, 5.74) is 0.724. The maximum absolute atomic E-state index is 5.79. The van der Waals surface area contributed by atoms with E-state index in [1.165, 1.54) is 6.21 Å². The van der Waals surface area contributed by atoms with Gasteiger partial charge >= 0.3 is 0 Å². The van der Waals surface area contributed by atoms with Gasteiger partial charge in [-0.25, -0.2) is 0 Å². The van der Waals surface area contributed by atoms with Crippen LogP contribution in [-0.4, -0.2) is 6.21 Å². The van der Waals surface area contributed by atoms with Crippen molar-refractivity contribution in [2.75, 3.05) is 0 Å². The lowest BCUT2D eigenvalue weighted by Crippen LogP contribution is -1.87. The summed E-state index contributed by atoms with van der Waals surface area (Å²) < 4.78 is 0. The number of hydrogen-bond donors (Lipinski definition) is 1. The van der Waals surface area contributed by atoms with Crippen LogP contribution in [-0.2, 0) is 0 Å². The van der Waals surface area contributed by atoms with Crippen molar-refractivity contribution in [2.24, 2.45) is 10.9 Å². The zero-order valence-electron chi connectivity index (χ0n) is 5.59. The van der Waals surface area contributed by atoms with Crippen LogP contribution >= 0.6 is 23.2 Å². The molecule has 0 amide bonds. The van der Waals surface area contributed by atoms with E-state index in [-0.39, 0.29) is 0 Å². The highest BCUT2D eigenvalue weighted by molar-refractivity contribution is 6.43. The van der Waals surface area contributed by atoms with Crippen LogP contribution in [0.3, 0.4) is 0 Å². The molecule has 4 heteroatoms. The minimum absolute atomic E-state index is 0.475. The third-order valence-electron chi connectivity index (χ3n) is 1.20. The Labute approximate surface area is 74.6 Å². The predicted molar refractivity (Wildman–Crippen MR) is 48.2 cm³/mol. The molecule has 1 aromatic carbocycles. The Morgan fingerprint density at radius 2 is 2.09 bits per heavy atom. The van der Waals surface area contributed by atoms with Crippen LogP contribution in [0, 0.1) is 0 Å². The van der Waals surface area contributed by atoms with E-state index in [1.807, 2.05) is 0 Å². The fraction of sp³-hybridized carbons (Fsp3) is 0. The summed E-state index contributed by atoms with van der Waals surface area (Å²) in [6, 6.07) is 5.27. The van der Waals surface area contributed by atoms with E-state index in [1.54, 1.807) is 18.2 Å². The van der Waals surface area contributed by atoms with Crippen molar-refractivity contribution in [3.63, 3.8) is 0 Å². The Morgan fingerprint density at radius 1 is 1.36 bits per heavy atom. The van der Waals surface area contributed by atoms with Gasteiger partial charge in [0.05, 0.1) is 16.3 Å². The van der Waals surface area contributed by atoms with Crippen LogP contribution in [0.2, 0.25) is 10.0 Å². The van der Waals surface area contributed by atoms with E-state index >= 15 is 0 Å². The van der Waals surface area contributed by atoms with E-state index in [0.29, 0.717) is 10.0 Å². The summed E-state index contributed by atoms with van der Waals surface area (Å²) in [4.78, 5) is 0. The molecular weight excluding hydrogens is 183 g/mol. The summed E-state index contributed by atoms with van der Waals surface area (Å²) in [5.74, 6) is 4.95. The molecule has 0 spiro atoms. The van der Waals surface area contributed by atoms with Gasteiger partial charge in [0, 0.05) is 5.56 Å². The lowest BCUT2D eigenvalue weighted by atomic mass is 10.2. The van der Waals surface area contributed by atoms with Crippen LogP contribution in [0.4, 0.5) is 0 Å². The smallest absolute Gasteiger partial charge is 0.0680 e. The van der Waals surface area contributed by atoms with Gasteiger partial charge in [0.1, 0.15) is 0 Å². The lowest BCUT2D eigenvalue weighted by molar-refractivity contribution is 1.26. The third-order valence-corrected chi connectivity index (χ3v) is 2.03. The fourth-order valence-corrected chi connectivity index (χ4v) is 1.06. The molecule has 11 heavy (non-hydrogen) atoms. The van der Waals surface area contributed by atoms with Crippen LogP contribution in [0.15, 0.2) is 23.3 Å². The molecule has 0 unspecified atom stereocenters. The normalized spacial score (nSPS) is 10.7. The first-order chi connectivity index (χ1) is 5.25. The predicted octanol–water partition coefficient (Wildman–Crippen LogP) is 2.29. The number of hydrazone groups is 1. The molecule has 1 aromatic rings. The zero-order valence-corrected chi connectivity index (χ0v) is 7.10. The van der Waals surface area contributed by atoms with E-state index in [2.05, 4.69) is 5.10 Å². The standard InChI is InChI=1S/C7H6Cl2N2/c8-6-3-1-2-5(4-11-10)7(6)9/h1-4H,10H2/b11-4+. The van der Waals surface area contributed by atoms with Gasteiger partial charge in [-0.1, -0.05) is 35.3 Å². The highest BCUT2D eigenvalue weighted by atomic mass is 35.5. The average molecular weight is 189 g/mol. The van der Waals surface area contributed by atoms with Crippen molar-refractivity contribution in [1.29, 1.82) is 0 Å². The molecule has 0 aliphatic carbocycles. The van der Waals surface area contributed by atoms with E-state index in [4.69, 9.17) is 29.0 Å². The van der Waals surface area contributed by atoms with Crippen molar-refractivity contribution in [1.82, 2.24) is 0 Å². The first-order valence-corrected chi connectivity index (χ1v) is 3.68. The first kappa shape index (κ1) is 8.37. The van der Waals surface area contributed by atoms with Crippen molar-refractivity contribution in [2.45, 2.75) is 0 Å². The molecule has 0 atom stereocenters. The molecule has 0 heterocycles. The molecule has 58 valence electrons. The zero-order chi connectivity index (χ0) is 8.27. The molecule has 1 rings (SSSR count). The Morgan fingerprint density at radius 3 is 2.73 bits per heavy atom. The Balaban J connectivity index is 3.16. The molecule has 0 saturated heterocycles. The topological polar surface area (TPSA) is 38.4 Å². The second kappa shape index (κ2) is 3.60. The van der Waals surface area contributed by atoms with E-state index in [9.17, 15) is 0 Å². The maximum atomic E-state index is 5.79. The van der Waals surface area contributed by atoms with Crippen molar-refractivity contribution in [3.8, 4) is 0 Å². The van der Waals surface area contributed by atoms with E-state index < -0.39 is 0 Å². The summed E-state index contributed by atoms with van der Waals surface area (Å²) in [6.07, 6.45) is 1.45. The molecule has 0 saturated carbocycles. The SMILES string of the molecule is N/N=C/c1cccc(Cl)c1Cl. The molecule has 0 aliphatic heterocycles. The molecular formula is C7H6Cl2N2. The summed E-state index contributed by atoms with van der Waals surface area (Å²) >= 11 is 11.5. The molecule has 0 radical (unpaired) electrons. The second-order valence-electron chi connectivity index (χ2n) is 1.92. The highest BCUT2D eigenvalue weighted by Gasteiger charge is 2.00. The number of nitrogens with two attached hydrogens (primary N) is 1. The largest absolute Gasteiger partial charge is 0.323 e. The van der Waals surface area contributed by atoms with Gasteiger partial charge in [0.2, 0.25) is 0 Å². The molecule has 2 nitrogen and oxygen atoms in total. The van der Waals surface area contributed by atoms with Crippen molar-refractivity contribution >= 4 is 29.4 Å². The van der Waals surface area contributed by atoms with E-state index in [0.717, 1.165) is 5.56 Å². The maximum Gasteiger partial charge on any atom is 0.0680 e. The van der Waals surface area contributed by atoms with Crippen LogP contribution in [0.25, 0.3) is 0 Å². The summed E-state index contributed by atoms with van der Waals surface area (Å²) in [5, 5.41) is 4.32. The average Bonchev–Trinajstić information content (AvgIpc) is 1.99. The molecule has 2 N–H and O–H groups in total. The van der Waals surface area contributed by atoms with Gasteiger partial charge < -0.3 is 5.84 Å². The van der Waals surface area contributed by atoms with Crippen LogP contribution < -0.4 is 5.84 Å². The van der Waals surface area contributed by atoms with Gasteiger partial charge in [-0.15, -0.1) is 0 Å². The molecule has 0 aliphatic rings. The van der Waals surface area contributed by atoms with Crippen LogP contribution in [0.1, 0.15) is 5.56 Å². The minimum atomic E-state index is 0.475. The number of rotatable bonds is 1.